The van der Waals surface area contributed by atoms with E-state index in [-0.39, 0.29) is 24.1 Å². The highest BCUT2D eigenvalue weighted by molar-refractivity contribution is 7.10. The second kappa shape index (κ2) is 8.23. The van der Waals surface area contributed by atoms with Crippen molar-refractivity contribution in [2.75, 3.05) is 6.61 Å². The van der Waals surface area contributed by atoms with Gasteiger partial charge in [0.1, 0.15) is 11.8 Å². The first-order chi connectivity index (χ1) is 14.0. The summed E-state index contributed by atoms with van der Waals surface area (Å²) in [6.45, 7) is 0.149. The third kappa shape index (κ3) is 3.97. The maximum atomic E-state index is 12.4. The van der Waals surface area contributed by atoms with Crippen LogP contribution in [0.3, 0.4) is 0 Å². The van der Waals surface area contributed by atoms with Crippen LogP contribution in [0.15, 0.2) is 54.0 Å². The third-order valence-electron chi connectivity index (χ3n) is 4.88. The number of carbonyl (C=O) groups is 2. The number of carbonyl (C=O) groups excluding carboxylic acids is 1. The Hall–Kier alpha value is -2.90. The highest BCUT2D eigenvalue weighted by Crippen LogP contribution is 2.44. The second-order valence-corrected chi connectivity index (χ2v) is 7.87. The lowest BCUT2D eigenvalue weighted by molar-refractivity contribution is -0.137. The number of thiazole rings is 1. The van der Waals surface area contributed by atoms with Crippen molar-refractivity contribution in [2.45, 2.75) is 18.4 Å². The monoisotopic (exact) mass is 428 g/mol. The quantitative estimate of drug-likeness (QED) is 0.585. The normalized spacial score (nSPS) is 13.4. The number of hydrogen-bond donors (Lipinski definition) is 2. The average molecular weight is 429 g/mol. The molecule has 148 valence electrons. The molecule has 0 aliphatic heterocycles. The van der Waals surface area contributed by atoms with Gasteiger partial charge in [-0.15, -0.1) is 11.3 Å². The van der Waals surface area contributed by atoms with Crippen molar-refractivity contribution in [1.82, 2.24) is 10.3 Å². The Morgan fingerprint density at radius 1 is 1.14 bits per heavy atom. The van der Waals surface area contributed by atoms with Crippen LogP contribution in [0, 0.1) is 0 Å². The number of rotatable bonds is 6. The molecular weight excluding hydrogens is 412 g/mol. The van der Waals surface area contributed by atoms with Gasteiger partial charge >= 0.3 is 12.1 Å². The van der Waals surface area contributed by atoms with E-state index in [1.165, 1.54) is 16.8 Å². The number of aliphatic carboxylic acids is 1. The lowest BCUT2D eigenvalue weighted by Crippen LogP contribution is -2.31. The molecule has 2 N–H and O–H groups in total. The van der Waals surface area contributed by atoms with E-state index in [1.54, 1.807) is 0 Å². The molecule has 0 spiro atoms. The Morgan fingerprint density at radius 2 is 1.76 bits per heavy atom. The number of carboxylic acids is 1. The van der Waals surface area contributed by atoms with Crippen molar-refractivity contribution in [1.29, 1.82) is 0 Å². The molecule has 1 unspecified atom stereocenters. The van der Waals surface area contributed by atoms with E-state index in [0.717, 1.165) is 22.3 Å². The Bertz CT molecular complexity index is 1020. The molecule has 1 amide bonds. The van der Waals surface area contributed by atoms with Crippen LogP contribution in [-0.4, -0.2) is 28.8 Å². The smallest absolute Gasteiger partial charge is 0.407 e. The molecular formula is C21H17ClN2O4S. The van der Waals surface area contributed by atoms with E-state index in [9.17, 15) is 9.59 Å². The molecule has 6 nitrogen and oxygen atoms in total. The summed E-state index contributed by atoms with van der Waals surface area (Å²) in [5.41, 5.74) is 5.99. The molecule has 0 bridgehead atoms. The summed E-state index contributed by atoms with van der Waals surface area (Å²) in [4.78, 5) is 28.0. The van der Waals surface area contributed by atoms with E-state index in [4.69, 9.17) is 21.4 Å². The van der Waals surface area contributed by atoms with Gasteiger partial charge in [0.2, 0.25) is 0 Å². The van der Waals surface area contributed by atoms with Gasteiger partial charge in [-0.25, -0.2) is 9.78 Å². The molecule has 1 heterocycles. The number of carboxylic acid groups (broad SMARTS) is 1. The lowest BCUT2D eigenvalue weighted by Gasteiger charge is -2.18. The molecule has 29 heavy (non-hydrogen) atoms. The predicted octanol–water partition coefficient (Wildman–Crippen LogP) is 4.85. The van der Waals surface area contributed by atoms with E-state index >= 15 is 0 Å². The van der Waals surface area contributed by atoms with E-state index in [0.29, 0.717) is 4.88 Å². The van der Waals surface area contributed by atoms with Gasteiger partial charge in [-0.05, 0) is 22.3 Å². The zero-order valence-electron chi connectivity index (χ0n) is 15.2. The predicted molar refractivity (Wildman–Crippen MR) is 110 cm³/mol. The molecule has 0 saturated heterocycles. The van der Waals surface area contributed by atoms with Crippen molar-refractivity contribution >= 4 is 35.0 Å². The van der Waals surface area contributed by atoms with Gasteiger partial charge in [-0.2, -0.15) is 0 Å². The van der Waals surface area contributed by atoms with Crippen LogP contribution in [0.1, 0.15) is 34.4 Å². The fourth-order valence-electron chi connectivity index (χ4n) is 3.63. The Kier molecular flexibility index (Phi) is 5.51. The fourth-order valence-corrected chi connectivity index (χ4v) is 4.73. The van der Waals surface area contributed by atoms with Crippen molar-refractivity contribution < 1.29 is 19.4 Å². The van der Waals surface area contributed by atoms with Crippen molar-refractivity contribution in [3.63, 3.8) is 0 Å². The topological polar surface area (TPSA) is 88.5 Å². The number of benzene rings is 2. The minimum absolute atomic E-state index is 0.0712. The van der Waals surface area contributed by atoms with Crippen molar-refractivity contribution in [2.24, 2.45) is 0 Å². The number of ether oxygens (including phenoxy) is 1. The number of nitrogens with zero attached hydrogens (tertiary/aromatic N) is 1. The molecule has 3 aromatic rings. The summed E-state index contributed by atoms with van der Waals surface area (Å²) in [6, 6.07) is 15.3. The Balaban J connectivity index is 1.48. The number of halogens is 1. The Labute approximate surface area is 176 Å². The van der Waals surface area contributed by atoms with Gasteiger partial charge in [0.15, 0.2) is 0 Å². The molecule has 1 aliphatic carbocycles. The van der Waals surface area contributed by atoms with Gasteiger partial charge in [0.05, 0.1) is 22.9 Å². The number of nitrogens with one attached hydrogen (secondary N) is 1. The molecule has 2 aromatic carbocycles. The van der Waals surface area contributed by atoms with E-state index < -0.39 is 18.1 Å². The zero-order chi connectivity index (χ0) is 20.4. The average Bonchev–Trinajstić information content (AvgIpc) is 3.27. The van der Waals surface area contributed by atoms with Crippen LogP contribution in [0.2, 0.25) is 5.15 Å². The van der Waals surface area contributed by atoms with E-state index in [2.05, 4.69) is 22.4 Å². The van der Waals surface area contributed by atoms with Crippen LogP contribution < -0.4 is 5.32 Å². The second-order valence-electron chi connectivity index (χ2n) is 6.63. The molecule has 0 radical (unpaired) electrons. The maximum absolute atomic E-state index is 12.4. The van der Waals surface area contributed by atoms with Crippen molar-refractivity contribution in [3.8, 4) is 11.1 Å². The molecule has 4 rings (SSSR count). The molecule has 1 atom stereocenters. The van der Waals surface area contributed by atoms with Crippen molar-refractivity contribution in [3.05, 3.63) is 75.2 Å². The van der Waals surface area contributed by atoms with Gasteiger partial charge < -0.3 is 15.2 Å². The summed E-state index contributed by atoms with van der Waals surface area (Å²) in [6.07, 6.45) is -1.01. The van der Waals surface area contributed by atoms with Crippen LogP contribution in [0.25, 0.3) is 11.1 Å². The number of fused-ring (bicyclic) bond motifs is 3. The van der Waals surface area contributed by atoms with Gasteiger partial charge in [-0.3, -0.25) is 4.79 Å². The molecule has 1 aliphatic rings. The van der Waals surface area contributed by atoms with Crippen LogP contribution in [0.5, 0.6) is 0 Å². The largest absolute Gasteiger partial charge is 0.481 e. The van der Waals surface area contributed by atoms with Crippen LogP contribution >= 0.6 is 22.9 Å². The summed E-state index contributed by atoms with van der Waals surface area (Å²) < 4.78 is 5.49. The van der Waals surface area contributed by atoms with E-state index in [1.807, 2.05) is 36.4 Å². The summed E-state index contributed by atoms with van der Waals surface area (Å²) in [5.74, 6) is -1.13. The summed E-state index contributed by atoms with van der Waals surface area (Å²) >= 11 is 7.20. The van der Waals surface area contributed by atoms with Crippen LogP contribution in [0.4, 0.5) is 4.79 Å². The standard InChI is InChI=1S/C21H17ClN2O4S/c22-20-19(29-11-23-20)17(9-18(25)26)24-21(27)28-10-16-14-7-3-1-5-12(14)13-6-2-4-8-15(13)16/h1-8,11,16-17H,9-10H2,(H,24,27)(H,25,26). The van der Waals surface area contributed by atoms with Gasteiger partial charge in [0.25, 0.3) is 0 Å². The first-order valence-electron chi connectivity index (χ1n) is 8.96. The van der Waals surface area contributed by atoms with Crippen LogP contribution in [-0.2, 0) is 9.53 Å². The first kappa shape index (κ1) is 19.4. The highest BCUT2D eigenvalue weighted by atomic mass is 35.5. The zero-order valence-corrected chi connectivity index (χ0v) is 16.7. The third-order valence-corrected chi connectivity index (χ3v) is 6.24. The minimum Gasteiger partial charge on any atom is -0.481 e. The fraction of sp³-hybridized carbons (Fsp3) is 0.190. The highest BCUT2D eigenvalue weighted by Gasteiger charge is 2.30. The number of amides is 1. The number of aromatic nitrogens is 1. The lowest BCUT2D eigenvalue weighted by atomic mass is 9.98. The van der Waals surface area contributed by atoms with Gasteiger partial charge in [-0.1, -0.05) is 60.1 Å². The SMILES string of the molecule is O=C(O)CC(NC(=O)OCC1c2ccccc2-c2ccccc21)c1scnc1Cl. The summed E-state index contributed by atoms with van der Waals surface area (Å²) in [7, 11) is 0. The minimum atomic E-state index is -1.06. The molecule has 8 heteroatoms. The number of hydrogen-bond acceptors (Lipinski definition) is 5. The van der Waals surface area contributed by atoms with Gasteiger partial charge in [0, 0.05) is 5.92 Å². The first-order valence-corrected chi connectivity index (χ1v) is 10.2. The maximum Gasteiger partial charge on any atom is 0.407 e. The molecule has 0 fully saturated rings. The Morgan fingerprint density at radius 3 is 2.31 bits per heavy atom. The number of alkyl carbamates (subject to hydrolysis) is 1. The summed E-state index contributed by atoms with van der Waals surface area (Å²) in [5, 5.41) is 11.9. The molecule has 0 saturated carbocycles. The molecule has 1 aromatic heterocycles.